The number of nitrogens with zero attached hydrogens (tertiary/aromatic N) is 1. The molecule has 19 heavy (non-hydrogen) atoms. The van der Waals surface area contributed by atoms with Crippen molar-refractivity contribution >= 4 is 21.7 Å². The lowest BCUT2D eigenvalue weighted by Crippen LogP contribution is -2.43. The number of esters is 1. The summed E-state index contributed by atoms with van der Waals surface area (Å²) in [5.41, 5.74) is 2.33. The van der Waals surface area contributed by atoms with E-state index in [0.29, 0.717) is 5.69 Å². The molecule has 0 aliphatic rings. The van der Waals surface area contributed by atoms with Crippen molar-refractivity contribution in [3.8, 4) is 0 Å². The predicted molar refractivity (Wildman–Crippen MR) is 74.7 cm³/mol. The minimum absolute atomic E-state index is 0.470. The highest BCUT2D eigenvalue weighted by Gasteiger charge is 2.29. The van der Waals surface area contributed by atoms with Gasteiger partial charge in [0.05, 0.1) is 19.1 Å². The van der Waals surface area contributed by atoms with Gasteiger partial charge in [0, 0.05) is 0 Å². The number of aryl methyl sites for hydroxylation is 2. The molecule has 1 atom stereocenters. The van der Waals surface area contributed by atoms with Gasteiger partial charge in [-0.1, -0.05) is 6.07 Å². The van der Waals surface area contributed by atoms with Gasteiger partial charge in [0.2, 0.25) is 10.0 Å². The molecule has 0 aliphatic heterocycles. The highest BCUT2D eigenvalue weighted by molar-refractivity contribution is 7.92. The molecule has 0 heterocycles. The van der Waals surface area contributed by atoms with Gasteiger partial charge in [-0.05, 0) is 44.0 Å². The zero-order valence-electron chi connectivity index (χ0n) is 11.8. The Morgan fingerprint density at radius 3 is 2.05 bits per heavy atom. The number of methoxy groups -OCH3 is 1. The first-order valence-corrected chi connectivity index (χ1v) is 7.67. The summed E-state index contributed by atoms with van der Waals surface area (Å²) in [6.45, 7) is 5.25. The molecule has 1 aromatic rings. The summed E-state index contributed by atoms with van der Waals surface area (Å²) in [4.78, 5) is 11.6. The summed E-state index contributed by atoms with van der Waals surface area (Å²) in [6, 6.07) is 4.49. The average molecular weight is 285 g/mol. The fraction of sp³-hybridized carbons (Fsp3) is 0.462. The number of sulfonamides is 1. The number of anilines is 1. The Morgan fingerprint density at radius 2 is 1.68 bits per heavy atom. The monoisotopic (exact) mass is 285 g/mol. The van der Waals surface area contributed by atoms with Crippen LogP contribution in [0.3, 0.4) is 0 Å². The Labute approximate surface area is 114 Å². The van der Waals surface area contributed by atoms with Crippen molar-refractivity contribution in [3.63, 3.8) is 0 Å². The summed E-state index contributed by atoms with van der Waals surface area (Å²) in [5.74, 6) is -0.593. The smallest absolute Gasteiger partial charge is 0.329 e. The van der Waals surface area contributed by atoms with Crippen molar-refractivity contribution in [1.82, 2.24) is 0 Å². The normalized spacial score (nSPS) is 12.9. The Bertz CT molecular complexity index is 560. The average Bonchev–Trinajstić information content (AvgIpc) is 2.24. The molecular weight excluding hydrogens is 266 g/mol. The Balaban J connectivity index is 3.37. The van der Waals surface area contributed by atoms with Crippen molar-refractivity contribution < 1.29 is 17.9 Å². The number of hydrogen-bond acceptors (Lipinski definition) is 4. The van der Waals surface area contributed by atoms with Crippen LogP contribution in [0.25, 0.3) is 0 Å². The van der Waals surface area contributed by atoms with Gasteiger partial charge in [-0.15, -0.1) is 0 Å². The first-order chi connectivity index (χ1) is 8.66. The number of carbonyl (C=O) groups excluding carboxylic acids is 1. The maximum absolute atomic E-state index is 11.9. The molecule has 0 spiro atoms. The zero-order valence-corrected chi connectivity index (χ0v) is 12.6. The summed E-state index contributed by atoms with van der Waals surface area (Å²) in [7, 11) is -2.34. The predicted octanol–water partition coefficient (Wildman–Crippen LogP) is 1.63. The number of hydrogen-bond donors (Lipinski definition) is 0. The number of carbonyl (C=O) groups is 1. The minimum Gasteiger partial charge on any atom is -0.467 e. The van der Waals surface area contributed by atoms with E-state index in [1.807, 2.05) is 19.9 Å². The van der Waals surface area contributed by atoms with Crippen molar-refractivity contribution in [1.29, 1.82) is 0 Å². The molecule has 0 radical (unpaired) electrons. The molecule has 0 aliphatic carbocycles. The SMILES string of the molecule is COC(=O)C(C)N(c1cc(C)cc(C)c1)S(C)(=O)=O. The number of rotatable bonds is 4. The molecule has 0 bridgehead atoms. The van der Waals surface area contributed by atoms with Crippen molar-refractivity contribution in [2.75, 3.05) is 17.7 Å². The highest BCUT2D eigenvalue weighted by atomic mass is 32.2. The van der Waals surface area contributed by atoms with E-state index >= 15 is 0 Å². The van der Waals surface area contributed by atoms with E-state index < -0.39 is 22.0 Å². The van der Waals surface area contributed by atoms with E-state index in [2.05, 4.69) is 4.74 Å². The van der Waals surface area contributed by atoms with Crippen molar-refractivity contribution in [2.45, 2.75) is 26.8 Å². The van der Waals surface area contributed by atoms with Gasteiger partial charge in [0.15, 0.2) is 0 Å². The molecular formula is C13H19NO4S. The maximum Gasteiger partial charge on any atom is 0.329 e. The van der Waals surface area contributed by atoms with E-state index in [-0.39, 0.29) is 0 Å². The highest BCUT2D eigenvalue weighted by Crippen LogP contribution is 2.24. The number of benzene rings is 1. The molecule has 106 valence electrons. The summed E-state index contributed by atoms with van der Waals surface area (Å²) >= 11 is 0. The van der Waals surface area contributed by atoms with Crippen LogP contribution in [-0.4, -0.2) is 33.8 Å². The van der Waals surface area contributed by atoms with E-state index in [1.54, 1.807) is 12.1 Å². The van der Waals surface area contributed by atoms with Crippen molar-refractivity contribution in [2.24, 2.45) is 0 Å². The first-order valence-electron chi connectivity index (χ1n) is 5.82. The third kappa shape index (κ3) is 3.70. The number of ether oxygens (including phenoxy) is 1. The summed E-state index contributed by atoms with van der Waals surface area (Å²) < 4.78 is 29.6. The van der Waals surface area contributed by atoms with Gasteiger partial charge < -0.3 is 4.74 Å². The zero-order chi connectivity index (χ0) is 14.8. The van der Waals surface area contributed by atoms with Crippen LogP contribution in [0.5, 0.6) is 0 Å². The molecule has 1 aromatic carbocycles. The lowest BCUT2D eigenvalue weighted by Gasteiger charge is -2.27. The molecule has 0 aromatic heterocycles. The summed E-state index contributed by atoms with van der Waals surface area (Å²) in [6.07, 6.45) is 1.07. The molecule has 0 saturated carbocycles. The standard InChI is InChI=1S/C13H19NO4S/c1-9-6-10(2)8-12(7-9)14(19(5,16)17)11(3)13(15)18-4/h6-8,11H,1-5H3. The van der Waals surface area contributed by atoms with E-state index in [9.17, 15) is 13.2 Å². The lowest BCUT2D eigenvalue weighted by atomic mass is 10.1. The largest absolute Gasteiger partial charge is 0.467 e. The second-order valence-electron chi connectivity index (χ2n) is 4.60. The van der Waals surface area contributed by atoms with Crippen LogP contribution in [0.2, 0.25) is 0 Å². The Morgan fingerprint density at radius 1 is 1.21 bits per heavy atom. The quantitative estimate of drug-likeness (QED) is 0.789. The second-order valence-corrected chi connectivity index (χ2v) is 6.46. The third-order valence-corrected chi connectivity index (χ3v) is 3.95. The molecule has 1 rings (SSSR count). The van der Waals surface area contributed by atoms with Gasteiger partial charge in [-0.25, -0.2) is 13.2 Å². The molecule has 0 amide bonds. The maximum atomic E-state index is 11.9. The molecule has 0 saturated heterocycles. The minimum atomic E-state index is -3.57. The second kappa shape index (κ2) is 5.61. The van der Waals surface area contributed by atoms with Gasteiger partial charge in [-0.2, -0.15) is 0 Å². The van der Waals surface area contributed by atoms with Crippen LogP contribution < -0.4 is 4.31 Å². The van der Waals surface area contributed by atoms with Gasteiger partial charge in [-0.3, -0.25) is 4.31 Å². The van der Waals surface area contributed by atoms with Crippen LogP contribution in [0.15, 0.2) is 18.2 Å². The van der Waals surface area contributed by atoms with Gasteiger partial charge >= 0.3 is 5.97 Å². The Kier molecular flexibility index (Phi) is 4.57. The Hall–Kier alpha value is -1.56. The van der Waals surface area contributed by atoms with E-state index in [0.717, 1.165) is 21.7 Å². The fourth-order valence-electron chi connectivity index (χ4n) is 2.05. The van der Waals surface area contributed by atoms with Crippen LogP contribution >= 0.6 is 0 Å². The van der Waals surface area contributed by atoms with Crippen LogP contribution in [0.1, 0.15) is 18.1 Å². The van der Waals surface area contributed by atoms with Gasteiger partial charge in [0.25, 0.3) is 0 Å². The van der Waals surface area contributed by atoms with E-state index in [1.165, 1.54) is 14.0 Å². The summed E-state index contributed by atoms with van der Waals surface area (Å²) in [5, 5.41) is 0. The molecule has 0 fully saturated rings. The van der Waals surface area contributed by atoms with Crippen LogP contribution in [0, 0.1) is 13.8 Å². The van der Waals surface area contributed by atoms with Gasteiger partial charge in [0.1, 0.15) is 6.04 Å². The third-order valence-electron chi connectivity index (χ3n) is 2.71. The topological polar surface area (TPSA) is 63.7 Å². The molecule has 6 heteroatoms. The van der Waals surface area contributed by atoms with Crippen molar-refractivity contribution in [3.05, 3.63) is 29.3 Å². The van der Waals surface area contributed by atoms with Crippen LogP contribution in [0.4, 0.5) is 5.69 Å². The molecule has 1 unspecified atom stereocenters. The molecule has 0 N–H and O–H groups in total. The fourth-order valence-corrected chi connectivity index (χ4v) is 3.20. The lowest BCUT2D eigenvalue weighted by molar-refractivity contribution is -0.141. The van der Waals surface area contributed by atoms with E-state index in [4.69, 9.17) is 0 Å². The molecule has 5 nitrogen and oxygen atoms in total. The first kappa shape index (κ1) is 15.5. The van der Waals surface area contributed by atoms with Crippen LogP contribution in [-0.2, 0) is 19.6 Å².